The van der Waals surface area contributed by atoms with Crippen molar-refractivity contribution in [3.8, 4) is 0 Å². The lowest BCUT2D eigenvalue weighted by molar-refractivity contribution is -0.130. The number of hydrogen-bond donors (Lipinski definition) is 0. The van der Waals surface area contributed by atoms with Crippen LogP contribution in [0.3, 0.4) is 0 Å². The molecule has 0 aromatic rings. The summed E-state index contributed by atoms with van der Waals surface area (Å²) in [4.78, 5) is 15.7. The van der Waals surface area contributed by atoms with Crippen LogP contribution in [0.15, 0.2) is 17.6 Å². The van der Waals surface area contributed by atoms with E-state index in [-0.39, 0.29) is 10.9 Å². The lowest BCUT2D eigenvalue weighted by Crippen LogP contribution is -2.19. The monoisotopic (exact) mass is 273 g/mol. The number of halogens is 1. The van der Waals surface area contributed by atoms with Gasteiger partial charge in [-0.3, -0.25) is 4.99 Å². The lowest BCUT2D eigenvalue weighted by atomic mass is 10.3. The Bertz CT molecular complexity index is 282. The van der Waals surface area contributed by atoms with Crippen molar-refractivity contribution >= 4 is 27.8 Å². The zero-order valence-electron chi connectivity index (χ0n) is 9.07. The Hall–Kier alpha value is -0.640. The summed E-state index contributed by atoms with van der Waals surface area (Å²) >= 11 is 3.45. The molecule has 3 nitrogen and oxygen atoms in total. The van der Waals surface area contributed by atoms with Crippen LogP contribution in [0.25, 0.3) is 0 Å². The first kappa shape index (κ1) is 12.4. The minimum atomic E-state index is -0.421. The molecule has 1 rings (SSSR count). The first-order valence-corrected chi connectivity index (χ1v) is 6.02. The van der Waals surface area contributed by atoms with E-state index in [4.69, 9.17) is 4.74 Å². The van der Waals surface area contributed by atoms with Gasteiger partial charge in [0.2, 0.25) is 0 Å². The molecule has 0 aromatic heterocycles. The molecule has 1 fully saturated rings. The van der Waals surface area contributed by atoms with E-state index >= 15 is 0 Å². The molecule has 1 aliphatic rings. The van der Waals surface area contributed by atoms with Crippen LogP contribution in [0.5, 0.6) is 0 Å². The van der Waals surface area contributed by atoms with E-state index in [2.05, 4.69) is 27.5 Å². The molecule has 0 amide bonds. The van der Waals surface area contributed by atoms with E-state index < -0.39 is 5.97 Å². The predicted octanol–water partition coefficient (Wildman–Crippen LogP) is 2.70. The van der Waals surface area contributed by atoms with E-state index in [1.807, 2.05) is 13.8 Å². The molecule has 15 heavy (non-hydrogen) atoms. The van der Waals surface area contributed by atoms with Gasteiger partial charge in [0.1, 0.15) is 0 Å². The smallest absolute Gasteiger partial charge is 0.336 e. The number of alkyl halides is 1. The second kappa shape index (κ2) is 5.45. The van der Waals surface area contributed by atoms with Gasteiger partial charge in [0.25, 0.3) is 0 Å². The highest BCUT2D eigenvalue weighted by molar-refractivity contribution is 9.09. The second-order valence-corrected chi connectivity index (χ2v) is 5.23. The molecule has 4 heteroatoms. The fourth-order valence-electron chi connectivity index (χ4n) is 0.994. The van der Waals surface area contributed by atoms with Gasteiger partial charge < -0.3 is 4.74 Å². The van der Waals surface area contributed by atoms with Crippen LogP contribution < -0.4 is 0 Å². The highest BCUT2D eigenvalue weighted by Gasteiger charge is 2.31. The first-order valence-electron chi connectivity index (χ1n) is 5.10. The van der Waals surface area contributed by atoms with E-state index in [9.17, 15) is 4.79 Å². The Labute approximate surface area is 98.7 Å². The first-order chi connectivity index (χ1) is 7.04. The maximum atomic E-state index is 11.1. The summed E-state index contributed by atoms with van der Waals surface area (Å²) in [5, 5.41) is 0. The molecule has 0 aromatic carbocycles. The standard InChI is InChI=1S/C11H16BrNO2/c1-4-10(14)15-11(9-5-6-9)13-8(3)7(2)12/h4,7-9H,1,5-6H2,2-3H3/b13-11-/t7?,8-/m0/s1. The molecule has 0 heterocycles. The molecule has 0 spiro atoms. The zero-order valence-corrected chi connectivity index (χ0v) is 10.7. The third-order valence-corrected chi connectivity index (χ3v) is 3.06. The van der Waals surface area contributed by atoms with E-state index in [0.717, 1.165) is 12.8 Å². The van der Waals surface area contributed by atoms with Crippen LogP contribution in [0.2, 0.25) is 0 Å². The van der Waals surface area contributed by atoms with E-state index in [0.29, 0.717) is 11.8 Å². The van der Waals surface area contributed by atoms with Crippen LogP contribution in [0.4, 0.5) is 0 Å². The van der Waals surface area contributed by atoms with E-state index in [1.54, 1.807) is 0 Å². The number of aliphatic imine (C=N–C) groups is 1. The summed E-state index contributed by atoms with van der Waals surface area (Å²) in [6, 6.07) is 0.109. The van der Waals surface area contributed by atoms with Crippen molar-refractivity contribution in [3.63, 3.8) is 0 Å². The minimum absolute atomic E-state index is 0.109. The molecule has 0 bridgehead atoms. The Morgan fingerprint density at radius 3 is 2.60 bits per heavy atom. The number of nitrogens with zero attached hydrogens (tertiary/aromatic N) is 1. The molecule has 1 saturated carbocycles. The van der Waals surface area contributed by atoms with Crippen molar-refractivity contribution < 1.29 is 9.53 Å². The Kier molecular flexibility index (Phi) is 4.51. The van der Waals surface area contributed by atoms with Gasteiger partial charge in [0.15, 0.2) is 5.90 Å². The van der Waals surface area contributed by atoms with Gasteiger partial charge in [0.05, 0.1) is 6.04 Å². The highest BCUT2D eigenvalue weighted by atomic mass is 79.9. The Morgan fingerprint density at radius 2 is 2.20 bits per heavy atom. The normalized spacial score (nSPS) is 20.6. The van der Waals surface area contributed by atoms with Crippen molar-refractivity contribution in [2.24, 2.45) is 10.9 Å². The van der Waals surface area contributed by atoms with Gasteiger partial charge >= 0.3 is 5.97 Å². The number of carbonyl (C=O) groups excluding carboxylic acids is 1. The number of esters is 1. The quantitative estimate of drug-likeness (QED) is 0.260. The SMILES string of the molecule is C=CC(=O)O/C(=N\[C@@H](C)C(C)Br)C1CC1. The topological polar surface area (TPSA) is 38.7 Å². The van der Waals surface area contributed by atoms with Crippen molar-refractivity contribution in [1.82, 2.24) is 0 Å². The second-order valence-electron chi connectivity index (χ2n) is 3.78. The summed E-state index contributed by atoms with van der Waals surface area (Å²) in [5.74, 6) is 0.483. The molecule has 0 saturated heterocycles. The fourth-order valence-corrected chi connectivity index (χ4v) is 1.11. The average Bonchev–Trinajstić information content (AvgIpc) is 2.99. The number of carbonyl (C=O) groups is 1. The molecule has 0 radical (unpaired) electrons. The van der Waals surface area contributed by atoms with Crippen LogP contribution in [-0.2, 0) is 9.53 Å². The van der Waals surface area contributed by atoms with Crippen molar-refractivity contribution in [1.29, 1.82) is 0 Å². The minimum Gasteiger partial charge on any atom is -0.408 e. The highest BCUT2D eigenvalue weighted by Crippen LogP contribution is 2.31. The molecular formula is C11H16BrNO2. The van der Waals surface area contributed by atoms with E-state index in [1.165, 1.54) is 6.08 Å². The van der Waals surface area contributed by atoms with Crippen molar-refractivity contribution in [2.45, 2.75) is 37.6 Å². The largest absolute Gasteiger partial charge is 0.408 e. The van der Waals surface area contributed by atoms with Gasteiger partial charge in [-0.1, -0.05) is 29.4 Å². The Balaban J connectivity index is 2.64. The summed E-state index contributed by atoms with van der Waals surface area (Å²) < 4.78 is 5.12. The number of rotatable bonds is 4. The number of hydrogen-bond acceptors (Lipinski definition) is 3. The van der Waals surface area contributed by atoms with Crippen LogP contribution in [0, 0.1) is 5.92 Å². The molecule has 1 unspecified atom stereocenters. The summed E-state index contributed by atoms with van der Waals surface area (Å²) in [6.07, 6.45) is 3.29. The molecule has 0 aliphatic heterocycles. The Morgan fingerprint density at radius 1 is 1.60 bits per heavy atom. The molecule has 0 N–H and O–H groups in total. The van der Waals surface area contributed by atoms with Crippen LogP contribution in [0.1, 0.15) is 26.7 Å². The summed E-state index contributed by atoms with van der Waals surface area (Å²) in [5.41, 5.74) is 0. The van der Waals surface area contributed by atoms with Crippen LogP contribution >= 0.6 is 15.9 Å². The van der Waals surface area contributed by atoms with Gasteiger partial charge in [-0.2, -0.15) is 0 Å². The molecule has 84 valence electrons. The number of ether oxygens (including phenoxy) is 1. The molecule has 1 aliphatic carbocycles. The van der Waals surface area contributed by atoms with Gasteiger partial charge in [-0.05, 0) is 19.8 Å². The lowest BCUT2D eigenvalue weighted by Gasteiger charge is -2.11. The van der Waals surface area contributed by atoms with Gasteiger partial charge in [0, 0.05) is 16.8 Å². The zero-order chi connectivity index (χ0) is 11.4. The predicted molar refractivity (Wildman–Crippen MR) is 64.3 cm³/mol. The third kappa shape index (κ3) is 4.16. The third-order valence-electron chi connectivity index (χ3n) is 2.29. The fraction of sp³-hybridized carbons (Fsp3) is 0.636. The summed E-state index contributed by atoms with van der Waals surface area (Å²) in [6.45, 7) is 7.38. The average molecular weight is 274 g/mol. The molecular weight excluding hydrogens is 258 g/mol. The maximum Gasteiger partial charge on any atom is 0.336 e. The maximum absolute atomic E-state index is 11.1. The molecule has 2 atom stereocenters. The van der Waals surface area contributed by atoms with Gasteiger partial charge in [-0.25, -0.2) is 4.79 Å². The summed E-state index contributed by atoms with van der Waals surface area (Å²) in [7, 11) is 0. The van der Waals surface area contributed by atoms with Crippen molar-refractivity contribution in [3.05, 3.63) is 12.7 Å². The van der Waals surface area contributed by atoms with Gasteiger partial charge in [-0.15, -0.1) is 0 Å². The van der Waals surface area contributed by atoms with Crippen LogP contribution in [-0.4, -0.2) is 22.7 Å². The van der Waals surface area contributed by atoms with Crippen molar-refractivity contribution in [2.75, 3.05) is 0 Å².